The van der Waals surface area contributed by atoms with Crippen LogP contribution in [0.3, 0.4) is 0 Å². The zero-order valence-electron chi connectivity index (χ0n) is 12.3. The van der Waals surface area contributed by atoms with Gasteiger partial charge in [0.2, 0.25) is 0 Å². The third kappa shape index (κ3) is 3.75. The fourth-order valence-electron chi connectivity index (χ4n) is 2.38. The van der Waals surface area contributed by atoms with Crippen molar-refractivity contribution in [1.82, 2.24) is 5.43 Å². The first-order valence-electron chi connectivity index (χ1n) is 6.75. The molecule has 0 atom stereocenters. The predicted molar refractivity (Wildman–Crippen MR) is 88.5 cm³/mol. The molecule has 1 aromatic carbocycles. The highest BCUT2D eigenvalue weighted by Gasteiger charge is 2.19. The van der Waals surface area contributed by atoms with Crippen molar-refractivity contribution < 1.29 is 9.47 Å². The molecule has 114 valence electrons. The van der Waals surface area contributed by atoms with Crippen molar-refractivity contribution in [2.45, 2.75) is 12.8 Å². The van der Waals surface area contributed by atoms with Crippen LogP contribution in [0.15, 0.2) is 17.2 Å². The Morgan fingerprint density at radius 1 is 1.29 bits per heavy atom. The van der Waals surface area contributed by atoms with Crippen LogP contribution in [0.4, 0.5) is 5.69 Å². The van der Waals surface area contributed by atoms with Gasteiger partial charge < -0.3 is 20.1 Å². The Morgan fingerprint density at radius 3 is 2.52 bits per heavy atom. The van der Waals surface area contributed by atoms with E-state index in [1.54, 1.807) is 20.4 Å². The molecular formula is C14H20N4O2S. The van der Waals surface area contributed by atoms with E-state index >= 15 is 0 Å². The van der Waals surface area contributed by atoms with E-state index in [0.717, 1.165) is 35.8 Å². The van der Waals surface area contributed by atoms with E-state index in [0.29, 0.717) is 0 Å². The minimum Gasteiger partial charge on any atom is -0.496 e. The van der Waals surface area contributed by atoms with E-state index < -0.39 is 0 Å². The molecular weight excluding hydrogens is 288 g/mol. The summed E-state index contributed by atoms with van der Waals surface area (Å²) in [6, 6.07) is 3.88. The minimum absolute atomic E-state index is 0.117. The summed E-state index contributed by atoms with van der Waals surface area (Å²) in [4.78, 5) is 2.30. The average molecular weight is 308 g/mol. The Morgan fingerprint density at radius 2 is 1.95 bits per heavy atom. The lowest BCUT2D eigenvalue weighted by Crippen LogP contribution is -2.24. The second kappa shape index (κ2) is 7.12. The van der Waals surface area contributed by atoms with Crippen LogP contribution in [-0.2, 0) is 0 Å². The van der Waals surface area contributed by atoms with Gasteiger partial charge in [0.1, 0.15) is 11.5 Å². The highest BCUT2D eigenvalue weighted by molar-refractivity contribution is 7.80. The van der Waals surface area contributed by atoms with E-state index in [1.165, 1.54) is 12.8 Å². The second-order valence-electron chi connectivity index (χ2n) is 4.69. The molecule has 1 fully saturated rings. The number of anilines is 1. The van der Waals surface area contributed by atoms with E-state index in [1.807, 2.05) is 12.1 Å². The molecule has 0 aromatic heterocycles. The maximum absolute atomic E-state index is 5.50. The van der Waals surface area contributed by atoms with Crippen molar-refractivity contribution in [3.05, 3.63) is 17.7 Å². The van der Waals surface area contributed by atoms with E-state index in [9.17, 15) is 0 Å². The molecule has 0 unspecified atom stereocenters. The largest absolute Gasteiger partial charge is 0.496 e. The molecule has 1 aliphatic heterocycles. The Hall–Kier alpha value is -2.02. The molecule has 3 N–H and O–H groups in total. The third-order valence-corrected chi connectivity index (χ3v) is 3.45. The lowest BCUT2D eigenvalue weighted by atomic mass is 10.1. The Labute approximate surface area is 129 Å². The van der Waals surface area contributed by atoms with Crippen LogP contribution >= 0.6 is 12.2 Å². The molecule has 0 spiro atoms. The number of nitrogens with zero attached hydrogens (tertiary/aromatic N) is 2. The molecule has 1 saturated heterocycles. The molecule has 6 nitrogen and oxygen atoms in total. The van der Waals surface area contributed by atoms with Gasteiger partial charge >= 0.3 is 0 Å². The van der Waals surface area contributed by atoms with Gasteiger partial charge in [-0.3, -0.25) is 5.43 Å². The molecule has 1 aliphatic rings. The molecule has 2 rings (SSSR count). The average Bonchev–Trinajstić information content (AvgIpc) is 3.00. The number of ether oxygens (including phenoxy) is 2. The van der Waals surface area contributed by atoms with Gasteiger partial charge in [0.05, 0.1) is 26.1 Å². The van der Waals surface area contributed by atoms with Gasteiger partial charge in [0.15, 0.2) is 5.11 Å². The third-order valence-electron chi connectivity index (χ3n) is 3.36. The molecule has 1 heterocycles. The summed E-state index contributed by atoms with van der Waals surface area (Å²) >= 11 is 4.70. The van der Waals surface area contributed by atoms with E-state index in [4.69, 9.17) is 27.4 Å². The number of hydrogen-bond acceptors (Lipinski definition) is 5. The van der Waals surface area contributed by atoms with E-state index in [2.05, 4.69) is 15.4 Å². The van der Waals surface area contributed by atoms with Gasteiger partial charge in [0.25, 0.3) is 0 Å². The van der Waals surface area contributed by atoms with Gasteiger partial charge in [0, 0.05) is 24.7 Å². The molecule has 0 aliphatic carbocycles. The number of nitrogens with two attached hydrogens (primary N) is 1. The first kappa shape index (κ1) is 15.4. The zero-order valence-corrected chi connectivity index (χ0v) is 13.1. The van der Waals surface area contributed by atoms with Gasteiger partial charge in [-0.1, -0.05) is 0 Å². The van der Waals surface area contributed by atoms with E-state index in [-0.39, 0.29) is 5.11 Å². The van der Waals surface area contributed by atoms with Crippen LogP contribution in [-0.4, -0.2) is 38.6 Å². The molecule has 0 radical (unpaired) electrons. The monoisotopic (exact) mass is 308 g/mol. The Bertz CT molecular complexity index is 542. The SMILES string of the molecule is COc1cc(N2CCCC2)c(OC)cc1/C=N\NC(N)=S. The standard InChI is InChI=1S/C14H20N4O2S/c1-19-12-8-11(18-5-3-4-6-18)13(20-2)7-10(12)9-16-17-14(15)21/h7-9H,3-6H2,1-2H3,(H3,15,17,21)/b16-9-. The number of benzene rings is 1. The summed E-state index contributed by atoms with van der Waals surface area (Å²) in [5, 5.41) is 4.08. The quantitative estimate of drug-likeness (QED) is 0.487. The number of rotatable bonds is 5. The first-order chi connectivity index (χ1) is 10.2. The first-order valence-corrected chi connectivity index (χ1v) is 7.16. The normalized spacial score (nSPS) is 14.5. The molecule has 1 aromatic rings. The minimum atomic E-state index is 0.117. The predicted octanol–water partition coefficient (Wildman–Crippen LogP) is 1.47. The number of hydrogen-bond donors (Lipinski definition) is 2. The maximum Gasteiger partial charge on any atom is 0.184 e. The molecule has 0 saturated carbocycles. The van der Waals surface area contributed by atoms with Crippen molar-refractivity contribution in [2.75, 3.05) is 32.2 Å². The Balaban J connectivity index is 2.33. The Kier molecular flexibility index (Phi) is 5.21. The second-order valence-corrected chi connectivity index (χ2v) is 5.13. The summed E-state index contributed by atoms with van der Waals surface area (Å²) in [5.74, 6) is 1.53. The summed E-state index contributed by atoms with van der Waals surface area (Å²) in [6.07, 6.45) is 4.01. The fourth-order valence-corrected chi connectivity index (χ4v) is 2.43. The summed E-state index contributed by atoms with van der Waals surface area (Å²) in [5.41, 5.74) is 9.70. The zero-order chi connectivity index (χ0) is 15.2. The van der Waals surface area contributed by atoms with Crippen molar-refractivity contribution in [2.24, 2.45) is 10.8 Å². The fraction of sp³-hybridized carbons (Fsp3) is 0.429. The molecule has 21 heavy (non-hydrogen) atoms. The van der Waals surface area contributed by atoms with Crippen molar-refractivity contribution >= 4 is 29.2 Å². The van der Waals surface area contributed by atoms with Crippen LogP contribution in [0.25, 0.3) is 0 Å². The molecule has 7 heteroatoms. The molecule has 0 amide bonds. The van der Waals surface area contributed by atoms with Crippen molar-refractivity contribution in [3.8, 4) is 11.5 Å². The highest BCUT2D eigenvalue weighted by atomic mass is 32.1. The maximum atomic E-state index is 5.50. The summed E-state index contributed by atoms with van der Waals surface area (Å²) in [6.45, 7) is 2.08. The van der Waals surface area contributed by atoms with Crippen molar-refractivity contribution in [1.29, 1.82) is 0 Å². The summed E-state index contributed by atoms with van der Waals surface area (Å²) < 4.78 is 10.9. The van der Waals surface area contributed by atoms with Crippen LogP contribution in [0, 0.1) is 0 Å². The van der Waals surface area contributed by atoms with Crippen LogP contribution in [0.2, 0.25) is 0 Å². The smallest absolute Gasteiger partial charge is 0.184 e. The lowest BCUT2D eigenvalue weighted by Gasteiger charge is -2.22. The number of thiocarbonyl (C=S) groups is 1. The number of methoxy groups -OCH3 is 2. The van der Waals surface area contributed by atoms with Crippen LogP contribution in [0.5, 0.6) is 11.5 Å². The topological polar surface area (TPSA) is 72.1 Å². The number of nitrogens with one attached hydrogen (secondary N) is 1. The van der Waals surface area contributed by atoms with Crippen LogP contribution < -0.4 is 25.5 Å². The van der Waals surface area contributed by atoms with Gasteiger partial charge in [-0.15, -0.1) is 0 Å². The van der Waals surface area contributed by atoms with Gasteiger partial charge in [-0.05, 0) is 31.1 Å². The number of hydrazone groups is 1. The van der Waals surface area contributed by atoms with Gasteiger partial charge in [-0.25, -0.2) is 0 Å². The van der Waals surface area contributed by atoms with Crippen molar-refractivity contribution in [3.63, 3.8) is 0 Å². The van der Waals surface area contributed by atoms with Gasteiger partial charge in [-0.2, -0.15) is 5.10 Å². The molecule has 0 bridgehead atoms. The highest BCUT2D eigenvalue weighted by Crippen LogP contribution is 2.36. The lowest BCUT2D eigenvalue weighted by molar-refractivity contribution is 0.402. The van der Waals surface area contributed by atoms with Crippen LogP contribution in [0.1, 0.15) is 18.4 Å². The summed E-state index contributed by atoms with van der Waals surface area (Å²) in [7, 11) is 3.30.